The van der Waals surface area contributed by atoms with E-state index in [9.17, 15) is 29.7 Å². The SMILES string of the molecule is CC(C)CCNc1nc(NCc2ccc(C3CCCCC3)cc2)nc2c1ncn2CC(=O)O.CCCNc1nc(NCc2ccc(C3CCCCC3)cc2)nc2c1ncn2CC(=O)O.O=C(O)Cn1cnc2c(NCc3ccccc3)nc(NCc3ccc(C4CCCCC4)cc3)nc21. The van der Waals surface area contributed by atoms with Crippen molar-refractivity contribution >= 4 is 86.7 Å². The van der Waals surface area contributed by atoms with Crippen LogP contribution in [0.5, 0.6) is 0 Å². The third kappa shape index (κ3) is 19.7. The van der Waals surface area contributed by atoms with Gasteiger partial charge in [-0.05, 0) is 114 Å². The molecule has 6 heterocycles. The first kappa shape index (κ1) is 70.1. The molecule has 24 nitrogen and oxygen atoms in total. The lowest BCUT2D eigenvalue weighted by Crippen LogP contribution is -2.12. The first-order valence-electron chi connectivity index (χ1n) is 35.4. The molecule has 0 radical (unpaired) electrons. The number of anilines is 6. The summed E-state index contributed by atoms with van der Waals surface area (Å²) in [6.07, 6.45) is 26.3. The monoisotopic (exact) mass is 1340 g/mol. The summed E-state index contributed by atoms with van der Waals surface area (Å²) in [5.74, 6) is 2.97. The fourth-order valence-corrected chi connectivity index (χ4v) is 13.3. The molecule has 0 unspecified atom stereocenters. The summed E-state index contributed by atoms with van der Waals surface area (Å²) in [5, 5.41) is 47.6. The largest absolute Gasteiger partial charge is 0.480 e. The van der Waals surface area contributed by atoms with Gasteiger partial charge in [-0.15, -0.1) is 0 Å². The fraction of sp³-hybridized carbons (Fsp3) is 0.440. The van der Waals surface area contributed by atoms with Gasteiger partial charge in [-0.2, -0.15) is 29.9 Å². The Morgan fingerprint density at radius 3 is 1.04 bits per heavy atom. The minimum atomic E-state index is -0.950. The van der Waals surface area contributed by atoms with Crippen LogP contribution in [0.4, 0.5) is 35.3 Å². The quantitative estimate of drug-likeness (QED) is 0.0220. The van der Waals surface area contributed by atoms with Crippen LogP contribution < -0.4 is 31.9 Å². The van der Waals surface area contributed by atoms with Gasteiger partial charge in [0.15, 0.2) is 50.9 Å². The molecule has 24 heteroatoms. The van der Waals surface area contributed by atoms with Gasteiger partial charge >= 0.3 is 17.9 Å². The number of hydrogen-bond acceptors (Lipinski definition) is 18. The van der Waals surface area contributed by atoms with Crippen LogP contribution in [0, 0.1) is 5.92 Å². The zero-order valence-electron chi connectivity index (χ0n) is 57.2. The number of imidazole rings is 3. The third-order valence-electron chi connectivity index (χ3n) is 18.7. The van der Waals surface area contributed by atoms with E-state index >= 15 is 0 Å². The molecule has 3 saturated carbocycles. The molecule has 520 valence electrons. The molecule has 0 bridgehead atoms. The Bertz CT molecular complexity index is 4230. The van der Waals surface area contributed by atoms with Crippen molar-refractivity contribution in [2.24, 2.45) is 5.92 Å². The Hall–Kier alpha value is -10.3. The van der Waals surface area contributed by atoms with E-state index in [4.69, 9.17) is 0 Å². The van der Waals surface area contributed by atoms with Crippen LogP contribution >= 0.6 is 0 Å². The third-order valence-corrected chi connectivity index (χ3v) is 18.7. The lowest BCUT2D eigenvalue weighted by Gasteiger charge is -2.22. The lowest BCUT2D eigenvalue weighted by molar-refractivity contribution is -0.138. The number of nitrogens with one attached hydrogen (secondary N) is 6. The van der Waals surface area contributed by atoms with E-state index in [2.05, 4.69) is 170 Å². The van der Waals surface area contributed by atoms with E-state index in [1.807, 2.05) is 30.3 Å². The van der Waals surface area contributed by atoms with Gasteiger partial charge in [0.25, 0.3) is 0 Å². The average Bonchev–Trinajstić information content (AvgIpc) is 1.69. The van der Waals surface area contributed by atoms with E-state index < -0.39 is 17.9 Å². The predicted molar refractivity (Wildman–Crippen MR) is 388 cm³/mol. The molecule has 3 aliphatic rings. The Morgan fingerprint density at radius 2 is 0.717 bits per heavy atom. The number of aromatic nitrogens is 12. The normalized spacial score (nSPS) is 14.5. The number of aliphatic carboxylic acids is 3. The zero-order chi connectivity index (χ0) is 68.9. The minimum Gasteiger partial charge on any atom is -0.480 e. The first-order chi connectivity index (χ1) is 48.3. The highest BCUT2D eigenvalue weighted by atomic mass is 16.4. The van der Waals surface area contributed by atoms with Crippen LogP contribution in [0.25, 0.3) is 33.5 Å². The summed E-state index contributed by atoms with van der Waals surface area (Å²) in [6.45, 7) is 9.66. The smallest absolute Gasteiger partial charge is 0.323 e. The summed E-state index contributed by atoms with van der Waals surface area (Å²) in [5.41, 5.74) is 12.1. The topological polar surface area (TPSA) is 315 Å². The van der Waals surface area contributed by atoms with Gasteiger partial charge in [-0.25, -0.2) is 15.0 Å². The van der Waals surface area contributed by atoms with Gasteiger partial charge in [0.05, 0.1) is 19.0 Å². The summed E-state index contributed by atoms with van der Waals surface area (Å²) in [6, 6.07) is 36.5. The second-order valence-corrected chi connectivity index (χ2v) is 26.7. The molecule has 13 rings (SSSR count). The molecule has 3 fully saturated rings. The molecule has 9 N–H and O–H groups in total. The van der Waals surface area contributed by atoms with Gasteiger partial charge in [-0.1, -0.05) is 182 Å². The Kier molecular flexibility index (Phi) is 24.6. The Balaban J connectivity index is 0.000000150. The summed E-state index contributed by atoms with van der Waals surface area (Å²) in [4.78, 5) is 74.4. The number of hydrogen-bond donors (Lipinski definition) is 9. The van der Waals surface area contributed by atoms with Crippen LogP contribution in [-0.4, -0.2) is 105 Å². The average molecular weight is 1340 g/mol. The van der Waals surface area contributed by atoms with Crippen molar-refractivity contribution in [3.8, 4) is 0 Å². The fourth-order valence-electron chi connectivity index (χ4n) is 13.3. The maximum absolute atomic E-state index is 11.3. The number of nitrogens with zero attached hydrogens (tertiary/aromatic N) is 12. The molecule has 0 spiro atoms. The van der Waals surface area contributed by atoms with Gasteiger partial charge in [0, 0.05) is 39.3 Å². The predicted octanol–water partition coefficient (Wildman–Crippen LogP) is 14.6. The highest BCUT2D eigenvalue weighted by Gasteiger charge is 2.22. The van der Waals surface area contributed by atoms with Crippen molar-refractivity contribution in [1.29, 1.82) is 0 Å². The van der Waals surface area contributed by atoms with E-state index in [1.165, 1.54) is 146 Å². The highest BCUT2D eigenvalue weighted by Crippen LogP contribution is 2.36. The minimum absolute atomic E-state index is 0.192. The van der Waals surface area contributed by atoms with Crippen molar-refractivity contribution in [3.63, 3.8) is 0 Å². The Morgan fingerprint density at radius 1 is 0.404 bits per heavy atom. The van der Waals surface area contributed by atoms with Crippen molar-refractivity contribution in [3.05, 3.63) is 161 Å². The molecule has 0 amide bonds. The van der Waals surface area contributed by atoms with Crippen molar-refractivity contribution in [2.45, 2.75) is 193 Å². The molecular formula is C75H94N18O6. The standard InChI is InChI=1S/C27H30N6O2.C25H34N6O2.C23H30N6O2/c34-23(35)17-33-18-30-24-25(28-15-19-7-3-1-4-8-19)31-27(32-26(24)33)29-16-20-11-13-22(14-12-20)21-9-5-2-6-10-21;1-17(2)12-13-26-23-22-24(31(16-28-22)15-21(32)33)30-25(29-23)27-14-18-8-10-20(11-9-18)19-6-4-3-5-7-19;1-2-12-24-21-20-22(29(15-26-20)14-19(30)31)28-23(27-21)25-13-16-8-10-18(11-9-16)17-6-4-3-5-7-17/h1,3-4,7-8,11-14,18,21H,2,5-6,9-10,15-17H2,(H,34,35)(H2,28,29,31,32);8-11,16-17,19H,3-7,12-15H2,1-2H3,(H,32,33)(H2,26,27,29,30);8-11,15,17H,2-7,12-14H2,1H3,(H,30,31)(H2,24,25,27,28). The van der Waals surface area contributed by atoms with Crippen LogP contribution in [0.15, 0.2) is 122 Å². The molecule has 6 aromatic heterocycles. The molecule has 4 aromatic carbocycles. The second-order valence-electron chi connectivity index (χ2n) is 26.7. The number of carbonyl (C=O) groups is 3. The summed E-state index contributed by atoms with van der Waals surface area (Å²) in [7, 11) is 0. The number of carboxylic acid groups (broad SMARTS) is 3. The second kappa shape index (κ2) is 34.8. The van der Waals surface area contributed by atoms with Gasteiger partial charge in [0.2, 0.25) is 17.8 Å². The molecule has 0 atom stereocenters. The molecule has 0 saturated heterocycles. The van der Waals surface area contributed by atoms with Crippen LogP contribution in [0.2, 0.25) is 0 Å². The zero-order valence-corrected chi connectivity index (χ0v) is 57.2. The Labute approximate surface area is 577 Å². The number of rotatable bonds is 28. The van der Waals surface area contributed by atoms with Crippen molar-refractivity contribution < 1.29 is 29.7 Å². The van der Waals surface area contributed by atoms with Gasteiger partial charge in [0.1, 0.15) is 19.6 Å². The number of carboxylic acids is 3. The van der Waals surface area contributed by atoms with E-state index in [-0.39, 0.29) is 19.6 Å². The maximum Gasteiger partial charge on any atom is 0.323 e. The maximum atomic E-state index is 11.3. The van der Waals surface area contributed by atoms with Crippen LogP contribution in [-0.2, 0) is 60.2 Å². The van der Waals surface area contributed by atoms with Crippen molar-refractivity contribution in [2.75, 3.05) is 45.0 Å². The molecule has 10 aromatic rings. The number of fused-ring (bicyclic) bond motifs is 3. The van der Waals surface area contributed by atoms with E-state index in [0.717, 1.165) is 48.2 Å². The highest BCUT2D eigenvalue weighted by molar-refractivity contribution is 5.87. The van der Waals surface area contributed by atoms with Crippen LogP contribution in [0.1, 0.15) is 187 Å². The molecule has 0 aliphatic heterocycles. The molecular weight excluding hydrogens is 1250 g/mol. The first-order valence-corrected chi connectivity index (χ1v) is 35.4. The summed E-state index contributed by atoms with van der Waals surface area (Å²) < 4.78 is 4.59. The van der Waals surface area contributed by atoms with Crippen LogP contribution in [0.3, 0.4) is 0 Å². The molecule has 3 aliphatic carbocycles. The number of benzene rings is 4. The van der Waals surface area contributed by atoms with Crippen molar-refractivity contribution in [1.82, 2.24) is 58.6 Å². The van der Waals surface area contributed by atoms with E-state index in [1.54, 1.807) is 0 Å². The lowest BCUT2D eigenvalue weighted by atomic mass is 9.84. The summed E-state index contributed by atoms with van der Waals surface area (Å²) >= 11 is 0. The van der Waals surface area contributed by atoms with Gasteiger partial charge in [-0.3, -0.25) is 14.4 Å². The molecule has 99 heavy (non-hydrogen) atoms. The van der Waals surface area contributed by atoms with Gasteiger partial charge < -0.3 is 60.9 Å². The van der Waals surface area contributed by atoms with E-state index in [0.29, 0.717) is 119 Å².